The third-order valence-corrected chi connectivity index (χ3v) is 2.95. The van der Waals surface area contributed by atoms with Gasteiger partial charge in [0.15, 0.2) is 12.2 Å². The van der Waals surface area contributed by atoms with E-state index in [1.165, 1.54) is 0 Å². The summed E-state index contributed by atoms with van der Waals surface area (Å²) in [5.74, 6) is -2.87. The maximum atomic E-state index is 11.2. The molecule has 1 aliphatic rings. The van der Waals surface area contributed by atoms with Gasteiger partial charge < -0.3 is 28.8 Å². The summed E-state index contributed by atoms with van der Waals surface area (Å²) in [4.78, 5) is 44.6. The topological polar surface area (TPSA) is 135 Å². The number of hydrogen-bond acceptors (Lipinski definition) is 10. The highest BCUT2D eigenvalue weighted by atomic mass is 16.7. The number of hydrogen-bond donors (Lipinski definition) is 1. The van der Waals surface area contributed by atoms with Gasteiger partial charge in [0, 0.05) is 27.7 Å². The predicted molar refractivity (Wildman–Crippen MR) is 74.2 cm³/mol. The first-order chi connectivity index (χ1) is 11.1. The summed E-state index contributed by atoms with van der Waals surface area (Å²) in [7, 11) is 0. The molecule has 1 fully saturated rings. The van der Waals surface area contributed by atoms with Crippen molar-refractivity contribution < 1.29 is 48.0 Å². The predicted octanol–water partition coefficient (Wildman–Crippen LogP) is -0.938. The molecule has 10 heteroatoms. The van der Waals surface area contributed by atoms with Crippen molar-refractivity contribution in [2.24, 2.45) is 0 Å². The molecule has 0 aromatic rings. The fourth-order valence-electron chi connectivity index (χ4n) is 2.14. The molecule has 5 atom stereocenters. The van der Waals surface area contributed by atoms with Crippen molar-refractivity contribution in [3.05, 3.63) is 0 Å². The monoisotopic (exact) mass is 348 g/mol. The Kier molecular flexibility index (Phi) is 7.11. The highest BCUT2D eigenvalue weighted by molar-refractivity contribution is 5.68. The van der Waals surface area contributed by atoms with Crippen LogP contribution in [0.15, 0.2) is 0 Å². The smallest absolute Gasteiger partial charge is 0.305 e. The zero-order valence-corrected chi connectivity index (χ0v) is 13.7. The van der Waals surface area contributed by atoms with Crippen LogP contribution in [0.25, 0.3) is 0 Å². The van der Waals surface area contributed by atoms with Crippen LogP contribution in [0.1, 0.15) is 27.7 Å². The Labute approximate surface area is 137 Å². The second-order valence-electron chi connectivity index (χ2n) is 5.09. The van der Waals surface area contributed by atoms with Crippen LogP contribution in [0.3, 0.4) is 0 Å². The van der Waals surface area contributed by atoms with Crippen LogP contribution >= 0.6 is 0 Å². The molecule has 0 radical (unpaired) electrons. The summed E-state index contributed by atoms with van der Waals surface area (Å²) in [5, 5.41) is 10.4. The first-order valence-corrected chi connectivity index (χ1v) is 7.10. The van der Waals surface area contributed by atoms with Crippen molar-refractivity contribution >= 4 is 23.9 Å². The van der Waals surface area contributed by atoms with E-state index in [-0.39, 0.29) is 6.61 Å². The number of ether oxygens (including phenoxy) is 5. The summed E-state index contributed by atoms with van der Waals surface area (Å²) in [5.41, 5.74) is 0. The maximum absolute atomic E-state index is 11.2. The van der Waals surface area contributed by atoms with Gasteiger partial charge in [0.1, 0.15) is 18.8 Å². The first-order valence-electron chi connectivity index (χ1n) is 7.10. The molecular formula is C14H20O10. The first kappa shape index (κ1) is 19.8. The fourth-order valence-corrected chi connectivity index (χ4v) is 2.14. The van der Waals surface area contributed by atoms with Crippen LogP contribution in [0.5, 0.6) is 0 Å². The van der Waals surface area contributed by atoms with Gasteiger partial charge in [-0.15, -0.1) is 0 Å². The van der Waals surface area contributed by atoms with E-state index >= 15 is 0 Å². The lowest BCUT2D eigenvalue weighted by molar-refractivity contribution is -0.298. The SMILES string of the molecule is CC(=O)OC[C@H]1OC(OC(C)=O)[C@H](OC(C)=O)[C@@H](O)[C@@H]1OC(C)=O. The molecule has 0 aromatic heterocycles. The van der Waals surface area contributed by atoms with E-state index in [2.05, 4.69) is 0 Å². The second kappa shape index (κ2) is 8.60. The molecule has 0 aromatic carbocycles. The Balaban J connectivity index is 3.04. The molecule has 1 unspecified atom stereocenters. The van der Waals surface area contributed by atoms with Gasteiger partial charge in [0.25, 0.3) is 0 Å². The van der Waals surface area contributed by atoms with Crippen molar-refractivity contribution in [2.75, 3.05) is 6.61 Å². The minimum Gasteiger partial charge on any atom is -0.463 e. The van der Waals surface area contributed by atoms with E-state index in [9.17, 15) is 24.3 Å². The molecule has 0 bridgehead atoms. The van der Waals surface area contributed by atoms with Gasteiger partial charge in [-0.05, 0) is 0 Å². The van der Waals surface area contributed by atoms with Gasteiger partial charge in [-0.1, -0.05) is 0 Å². The third kappa shape index (κ3) is 5.78. The minimum absolute atomic E-state index is 0.366. The van der Waals surface area contributed by atoms with Crippen LogP contribution < -0.4 is 0 Å². The van der Waals surface area contributed by atoms with E-state index in [1.54, 1.807) is 0 Å². The van der Waals surface area contributed by atoms with Crippen LogP contribution in [-0.4, -0.2) is 66.3 Å². The largest absolute Gasteiger partial charge is 0.463 e. The van der Waals surface area contributed by atoms with Crippen LogP contribution in [0.2, 0.25) is 0 Å². The van der Waals surface area contributed by atoms with E-state index in [1.807, 2.05) is 0 Å². The standard InChI is InChI=1S/C14H20O10/c1-6(15)20-5-10-12(21-7(2)16)11(19)13(22-8(3)17)14(24-10)23-9(4)18/h10-14,19H,5H2,1-4H3/t10-,11+,12-,13-,14?/m1/s1. The lowest BCUT2D eigenvalue weighted by Gasteiger charge is -2.42. The second-order valence-corrected chi connectivity index (χ2v) is 5.09. The van der Waals surface area contributed by atoms with Gasteiger partial charge in [-0.25, -0.2) is 0 Å². The summed E-state index contributed by atoms with van der Waals surface area (Å²) < 4.78 is 25.0. The van der Waals surface area contributed by atoms with Crippen LogP contribution in [0, 0.1) is 0 Å². The molecule has 10 nitrogen and oxygen atoms in total. The van der Waals surface area contributed by atoms with Gasteiger partial charge >= 0.3 is 23.9 Å². The molecule has 1 saturated heterocycles. The average molecular weight is 348 g/mol. The average Bonchev–Trinajstić information content (AvgIpc) is 2.42. The van der Waals surface area contributed by atoms with Gasteiger partial charge in [-0.3, -0.25) is 19.2 Å². The molecule has 1 aliphatic heterocycles. The van der Waals surface area contributed by atoms with E-state index < -0.39 is 54.6 Å². The zero-order chi connectivity index (χ0) is 18.4. The van der Waals surface area contributed by atoms with Gasteiger partial charge in [-0.2, -0.15) is 0 Å². The van der Waals surface area contributed by atoms with Crippen molar-refractivity contribution in [3.63, 3.8) is 0 Å². The Bertz CT molecular complexity index is 500. The molecule has 136 valence electrons. The van der Waals surface area contributed by atoms with E-state index in [0.29, 0.717) is 0 Å². The van der Waals surface area contributed by atoms with E-state index in [4.69, 9.17) is 23.7 Å². The van der Waals surface area contributed by atoms with Crippen LogP contribution in [-0.2, 0) is 42.9 Å². The highest BCUT2D eigenvalue weighted by Gasteiger charge is 2.50. The quantitative estimate of drug-likeness (QED) is 0.490. The highest BCUT2D eigenvalue weighted by Crippen LogP contribution is 2.27. The summed E-state index contributed by atoms with van der Waals surface area (Å²) in [6, 6.07) is 0. The number of rotatable bonds is 5. The molecule has 1 N–H and O–H groups in total. The molecule has 1 rings (SSSR count). The van der Waals surface area contributed by atoms with Crippen molar-refractivity contribution in [1.29, 1.82) is 0 Å². The number of carbonyl (C=O) groups excluding carboxylic acids is 4. The van der Waals surface area contributed by atoms with Crippen molar-refractivity contribution in [2.45, 2.75) is 58.4 Å². The third-order valence-electron chi connectivity index (χ3n) is 2.95. The summed E-state index contributed by atoms with van der Waals surface area (Å²) in [6.07, 6.45) is -6.84. The molecule has 0 spiro atoms. The molecular weight excluding hydrogens is 328 g/mol. The van der Waals surface area contributed by atoms with Crippen molar-refractivity contribution in [1.82, 2.24) is 0 Å². The lowest BCUT2D eigenvalue weighted by atomic mass is 9.98. The van der Waals surface area contributed by atoms with Crippen molar-refractivity contribution in [3.8, 4) is 0 Å². The Hall–Kier alpha value is -2.20. The summed E-state index contributed by atoms with van der Waals surface area (Å²) in [6.45, 7) is 4.08. The Morgan fingerprint density at radius 2 is 1.33 bits per heavy atom. The van der Waals surface area contributed by atoms with E-state index in [0.717, 1.165) is 27.7 Å². The summed E-state index contributed by atoms with van der Waals surface area (Å²) >= 11 is 0. The van der Waals surface area contributed by atoms with Gasteiger partial charge in [0.2, 0.25) is 6.29 Å². The van der Waals surface area contributed by atoms with Crippen LogP contribution in [0.4, 0.5) is 0 Å². The molecule has 0 amide bonds. The zero-order valence-electron chi connectivity index (χ0n) is 13.7. The lowest BCUT2D eigenvalue weighted by Crippen LogP contribution is -2.62. The van der Waals surface area contributed by atoms with Gasteiger partial charge in [0.05, 0.1) is 0 Å². The molecule has 0 saturated carbocycles. The molecule has 1 heterocycles. The number of aliphatic hydroxyl groups is 1. The molecule has 24 heavy (non-hydrogen) atoms. The Morgan fingerprint density at radius 3 is 1.79 bits per heavy atom. The maximum Gasteiger partial charge on any atom is 0.305 e. The number of carbonyl (C=O) groups is 4. The number of aliphatic hydroxyl groups excluding tert-OH is 1. The fraction of sp³-hybridized carbons (Fsp3) is 0.714. The Morgan fingerprint density at radius 1 is 0.833 bits per heavy atom. The number of esters is 4. The normalized spacial score (nSPS) is 29.3. The minimum atomic E-state index is -1.56. The molecule has 0 aliphatic carbocycles.